The monoisotopic (exact) mass is 175 g/mol. The predicted octanol–water partition coefficient (Wildman–Crippen LogP) is -0.718. The summed E-state index contributed by atoms with van der Waals surface area (Å²) in [7, 11) is 0. The Morgan fingerprint density at radius 2 is 1.92 bits per heavy atom. The van der Waals surface area contributed by atoms with E-state index in [1.807, 2.05) is 0 Å². The Morgan fingerprint density at radius 1 is 1.42 bits per heavy atom. The van der Waals surface area contributed by atoms with Crippen LogP contribution < -0.4 is 5.73 Å². The molecule has 4 nitrogen and oxygen atoms in total. The minimum absolute atomic E-state index is 0.250. The molecule has 0 aliphatic heterocycles. The molecule has 4 N–H and O–H groups in total. The molecule has 0 spiro atoms. The van der Waals surface area contributed by atoms with Crippen LogP contribution in [-0.2, 0) is 4.79 Å². The molecule has 0 aromatic rings. The first kappa shape index (κ1) is 11.6. The quantitative estimate of drug-likeness (QED) is 0.515. The van der Waals surface area contributed by atoms with E-state index in [0.717, 1.165) is 0 Å². The molecule has 12 heavy (non-hydrogen) atoms. The largest absolute Gasteiger partial charge is 0.390 e. The van der Waals surface area contributed by atoms with Crippen molar-refractivity contribution in [1.82, 2.24) is 0 Å². The zero-order valence-corrected chi connectivity index (χ0v) is 7.53. The molecular formula is C8H17NO3. The van der Waals surface area contributed by atoms with Gasteiger partial charge < -0.3 is 15.9 Å². The van der Waals surface area contributed by atoms with E-state index in [1.54, 1.807) is 13.8 Å². The van der Waals surface area contributed by atoms with Gasteiger partial charge in [0.2, 0.25) is 0 Å². The van der Waals surface area contributed by atoms with Gasteiger partial charge in [-0.25, -0.2) is 0 Å². The highest BCUT2D eigenvalue weighted by atomic mass is 16.3. The van der Waals surface area contributed by atoms with E-state index in [4.69, 9.17) is 5.73 Å². The second kappa shape index (κ2) is 5.24. The van der Waals surface area contributed by atoms with Crippen LogP contribution in [0.2, 0.25) is 0 Å². The maximum Gasteiger partial charge on any atom is 0.166 e. The van der Waals surface area contributed by atoms with Crippen LogP contribution in [0.3, 0.4) is 0 Å². The Bertz CT molecular complexity index is 147. The molecule has 0 fully saturated rings. The lowest BCUT2D eigenvalue weighted by atomic mass is 9.98. The average molecular weight is 175 g/mol. The minimum Gasteiger partial charge on any atom is -0.390 e. The fraction of sp³-hybridized carbons (Fsp3) is 0.875. The topological polar surface area (TPSA) is 83.5 Å². The van der Waals surface area contributed by atoms with Gasteiger partial charge in [0.15, 0.2) is 5.78 Å². The molecule has 0 heterocycles. The fourth-order valence-electron chi connectivity index (χ4n) is 0.860. The molecule has 0 radical (unpaired) electrons. The van der Waals surface area contributed by atoms with Crippen LogP contribution in [-0.4, -0.2) is 34.7 Å². The van der Waals surface area contributed by atoms with E-state index in [9.17, 15) is 15.0 Å². The third-order valence-corrected chi connectivity index (χ3v) is 1.69. The third-order valence-electron chi connectivity index (χ3n) is 1.69. The number of carbonyl (C=O) groups is 1. The van der Waals surface area contributed by atoms with Crippen LogP contribution >= 0.6 is 0 Å². The number of hydrogen-bond donors (Lipinski definition) is 3. The molecular weight excluding hydrogens is 158 g/mol. The Labute approximate surface area is 72.4 Å². The molecule has 2 atom stereocenters. The summed E-state index contributed by atoms with van der Waals surface area (Å²) in [5.74, 6) is -0.594. The van der Waals surface area contributed by atoms with Gasteiger partial charge in [-0.3, -0.25) is 4.79 Å². The molecule has 0 bridgehead atoms. The second-order valence-electron chi connectivity index (χ2n) is 3.15. The lowest BCUT2D eigenvalue weighted by Gasteiger charge is -2.17. The van der Waals surface area contributed by atoms with Crippen LogP contribution in [0.4, 0.5) is 0 Å². The first-order chi connectivity index (χ1) is 5.50. The van der Waals surface area contributed by atoms with E-state index in [1.165, 1.54) is 0 Å². The van der Waals surface area contributed by atoms with Gasteiger partial charge in [0, 0.05) is 5.92 Å². The minimum atomic E-state index is -1.28. The highest BCUT2D eigenvalue weighted by molar-refractivity contribution is 5.85. The number of aliphatic hydroxyl groups excluding tert-OH is 2. The molecule has 0 amide bonds. The van der Waals surface area contributed by atoms with E-state index in [2.05, 4.69) is 0 Å². The van der Waals surface area contributed by atoms with Crippen LogP contribution in [0, 0.1) is 5.92 Å². The van der Waals surface area contributed by atoms with Crippen molar-refractivity contribution in [3.63, 3.8) is 0 Å². The number of aliphatic hydroxyl groups is 2. The van der Waals surface area contributed by atoms with Gasteiger partial charge in [0.25, 0.3) is 0 Å². The van der Waals surface area contributed by atoms with Crippen molar-refractivity contribution in [2.45, 2.75) is 32.5 Å². The number of carbonyl (C=O) groups excluding carboxylic acids is 1. The van der Waals surface area contributed by atoms with Crippen LogP contribution in [0.15, 0.2) is 0 Å². The van der Waals surface area contributed by atoms with Gasteiger partial charge in [-0.15, -0.1) is 0 Å². The van der Waals surface area contributed by atoms with Crippen molar-refractivity contribution < 1.29 is 15.0 Å². The summed E-state index contributed by atoms with van der Waals surface area (Å²) in [5, 5.41) is 18.4. The first-order valence-electron chi connectivity index (χ1n) is 4.10. The number of ketones is 1. The summed E-state index contributed by atoms with van der Waals surface area (Å²) in [6.45, 7) is 3.63. The number of nitrogens with two attached hydrogens (primary N) is 1. The Balaban J connectivity index is 4.00. The molecule has 0 aliphatic carbocycles. The summed E-state index contributed by atoms with van der Waals surface area (Å²) in [5.41, 5.74) is 5.16. The highest BCUT2D eigenvalue weighted by Gasteiger charge is 2.25. The predicted molar refractivity (Wildman–Crippen MR) is 45.5 cm³/mol. The summed E-state index contributed by atoms with van der Waals surface area (Å²) in [6.07, 6.45) is -2.06. The molecule has 2 unspecified atom stereocenters. The zero-order chi connectivity index (χ0) is 9.72. The molecule has 0 aromatic carbocycles. The molecule has 0 saturated heterocycles. The maximum absolute atomic E-state index is 11.1. The van der Waals surface area contributed by atoms with Gasteiger partial charge in [0.1, 0.15) is 6.10 Å². The van der Waals surface area contributed by atoms with Gasteiger partial charge in [-0.2, -0.15) is 0 Å². The Kier molecular flexibility index (Phi) is 5.04. The summed E-state index contributed by atoms with van der Waals surface area (Å²) < 4.78 is 0. The van der Waals surface area contributed by atoms with Crippen LogP contribution in [0.1, 0.15) is 20.3 Å². The van der Waals surface area contributed by atoms with Crippen LogP contribution in [0.5, 0.6) is 0 Å². The van der Waals surface area contributed by atoms with Crippen molar-refractivity contribution in [3.8, 4) is 0 Å². The summed E-state index contributed by atoms with van der Waals surface area (Å²) >= 11 is 0. The highest BCUT2D eigenvalue weighted by Crippen LogP contribution is 2.05. The zero-order valence-electron chi connectivity index (χ0n) is 7.53. The second-order valence-corrected chi connectivity index (χ2v) is 3.15. The third kappa shape index (κ3) is 3.30. The number of hydrogen-bond acceptors (Lipinski definition) is 4. The summed E-state index contributed by atoms with van der Waals surface area (Å²) in [4.78, 5) is 11.1. The lowest BCUT2D eigenvalue weighted by molar-refractivity contribution is -0.136. The van der Waals surface area contributed by atoms with E-state index >= 15 is 0 Å². The molecule has 0 aromatic heterocycles. The molecule has 4 heteroatoms. The van der Waals surface area contributed by atoms with Crippen molar-refractivity contribution in [2.24, 2.45) is 11.7 Å². The molecule has 0 aliphatic rings. The fourth-order valence-corrected chi connectivity index (χ4v) is 0.860. The van der Waals surface area contributed by atoms with Crippen molar-refractivity contribution >= 4 is 5.78 Å². The summed E-state index contributed by atoms with van der Waals surface area (Å²) in [6, 6.07) is 0. The average Bonchev–Trinajstić information content (AvgIpc) is 2.02. The first-order valence-corrected chi connectivity index (χ1v) is 4.10. The standard InChI is InChI=1S/C8H17NO3/c1-5(2)7(11)8(12)6(10)3-4-9/h5-6,8,10,12H,3-4,9H2,1-2H3. The number of rotatable bonds is 5. The molecule has 0 rings (SSSR count). The SMILES string of the molecule is CC(C)C(=O)C(O)C(O)CCN. The lowest BCUT2D eigenvalue weighted by Crippen LogP contribution is -2.37. The Morgan fingerprint density at radius 3 is 2.25 bits per heavy atom. The van der Waals surface area contributed by atoms with Gasteiger partial charge >= 0.3 is 0 Å². The van der Waals surface area contributed by atoms with E-state index in [-0.39, 0.29) is 24.7 Å². The smallest absolute Gasteiger partial charge is 0.166 e. The van der Waals surface area contributed by atoms with Gasteiger partial charge in [-0.05, 0) is 13.0 Å². The van der Waals surface area contributed by atoms with Crippen LogP contribution in [0.25, 0.3) is 0 Å². The number of Topliss-reactive ketones (excluding diaryl/α,β-unsaturated/α-hetero) is 1. The molecule has 72 valence electrons. The van der Waals surface area contributed by atoms with Gasteiger partial charge in [-0.1, -0.05) is 13.8 Å². The van der Waals surface area contributed by atoms with E-state index in [0.29, 0.717) is 0 Å². The maximum atomic E-state index is 11.1. The molecule has 0 saturated carbocycles. The van der Waals surface area contributed by atoms with Gasteiger partial charge in [0.05, 0.1) is 6.10 Å². The Hall–Kier alpha value is -0.450. The van der Waals surface area contributed by atoms with Crippen molar-refractivity contribution in [1.29, 1.82) is 0 Å². The normalized spacial score (nSPS) is 16.2. The van der Waals surface area contributed by atoms with Crippen molar-refractivity contribution in [2.75, 3.05) is 6.54 Å². The van der Waals surface area contributed by atoms with Crippen molar-refractivity contribution in [3.05, 3.63) is 0 Å². The van der Waals surface area contributed by atoms with E-state index < -0.39 is 12.2 Å².